The molecule has 1 aliphatic carbocycles. The monoisotopic (exact) mass is 345 g/mol. The van der Waals surface area contributed by atoms with Crippen LogP contribution in [-0.2, 0) is 0 Å². The molecule has 1 aliphatic rings. The van der Waals surface area contributed by atoms with Crippen LogP contribution in [0, 0.1) is 17.6 Å². The van der Waals surface area contributed by atoms with Crippen molar-refractivity contribution >= 4 is 21.8 Å². The Morgan fingerprint density at radius 2 is 2.00 bits per heavy atom. The second-order valence-electron chi connectivity index (χ2n) is 5.68. The van der Waals surface area contributed by atoms with Gasteiger partial charge in [-0.1, -0.05) is 22.9 Å². The molecule has 1 fully saturated rings. The van der Waals surface area contributed by atoms with Gasteiger partial charge in [0, 0.05) is 10.9 Å². The molecule has 1 amide bonds. The summed E-state index contributed by atoms with van der Waals surface area (Å²) >= 11 is 3.47. The van der Waals surface area contributed by atoms with Gasteiger partial charge in [0.25, 0.3) is 5.91 Å². The molecule has 0 saturated heterocycles. The van der Waals surface area contributed by atoms with Gasteiger partial charge in [-0.25, -0.2) is 8.78 Å². The Morgan fingerprint density at radius 3 is 2.55 bits per heavy atom. The molecule has 0 spiro atoms. The molecule has 0 heterocycles. The Hall–Kier alpha value is -0.970. The summed E-state index contributed by atoms with van der Waals surface area (Å²) < 4.78 is 26.1. The number of hydrogen-bond donors (Lipinski definition) is 1. The molecule has 2 nitrogen and oxygen atoms in total. The van der Waals surface area contributed by atoms with Crippen molar-refractivity contribution in [2.75, 3.05) is 5.33 Å². The fourth-order valence-electron chi connectivity index (χ4n) is 2.56. The van der Waals surface area contributed by atoms with Crippen LogP contribution >= 0.6 is 15.9 Å². The minimum atomic E-state index is -0.997. The number of benzene rings is 1. The molecule has 2 rings (SSSR count). The van der Waals surface area contributed by atoms with Crippen molar-refractivity contribution in [3.63, 3.8) is 0 Å². The van der Waals surface area contributed by atoms with E-state index in [0.29, 0.717) is 11.2 Å². The highest BCUT2D eigenvalue weighted by Gasteiger charge is 2.34. The van der Waals surface area contributed by atoms with Gasteiger partial charge in [-0.05, 0) is 49.8 Å². The molecule has 0 aliphatic heterocycles. The summed E-state index contributed by atoms with van der Waals surface area (Å²) in [6.45, 7) is 2.20. The zero-order valence-corrected chi connectivity index (χ0v) is 13.0. The largest absolute Gasteiger partial charge is 0.346 e. The number of amides is 1. The van der Waals surface area contributed by atoms with Crippen molar-refractivity contribution in [2.45, 2.75) is 38.1 Å². The first kappa shape index (κ1) is 15.4. The predicted molar refractivity (Wildman–Crippen MR) is 78.0 cm³/mol. The Balaban J connectivity index is 2.11. The fraction of sp³-hybridized carbons (Fsp3) is 0.533. The minimum absolute atomic E-state index is 0.155. The van der Waals surface area contributed by atoms with E-state index in [1.807, 2.05) is 0 Å². The average Bonchev–Trinajstić information content (AvgIpc) is 2.44. The maximum absolute atomic E-state index is 13.2. The van der Waals surface area contributed by atoms with Gasteiger partial charge in [0.15, 0.2) is 11.6 Å². The first-order chi connectivity index (χ1) is 9.46. The van der Waals surface area contributed by atoms with Crippen LogP contribution in [0.25, 0.3) is 0 Å². The fourth-order valence-corrected chi connectivity index (χ4v) is 3.26. The second kappa shape index (κ2) is 6.20. The normalized spacial score (nSPS) is 26.3. The summed E-state index contributed by atoms with van der Waals surface area (Å²) in [6, 6.07) is 3.23. The third-order valence-corrected chi connectivity index (χ3v) is 5.12. The molecule has 0 radical (unpaired) electrons. The van der Waals surface area contributed by atoms with Crippen molar-refractivity contribution in [1.29, 1.82) is 0 Å². The zero-order chi connectivity index (χ0) is 14.8. The van der Waals surface area contributed by atoms with Gasteiger partial charge < -0.3 is 5.32 Å². The van der Waals surface area contributed by atoms with Crippen LogP contribution in [-0.4, -0.2) is 16.8 Å². The Kier molecular flexibility index (Phi) is 4.78. The van der Waals surface area contributed by atoms with Crippen LogP contribution in [0.15, 0.2) is 18.2 Å². The number of carbonyl (C=O) groups excluding carboxylic acids is 1. The molecule has 1 aromatic rings. The number of halogens is 3. The lowest BCUT2D eigenvalue weighted by Crippen LogP contribution is -2.52. The number of carbonyl (C=O) groups is 1. The van der Waals surface area contributed by atoms with Crippen molar-refractivity contribution in [1.82, 2.24) is 5.32 Å². The number of alkyl halides is 1. The highest BCUT2D eigenvalue weighted by Crippen LogP contribution is 2.33. The lowest BCUT2D eigenvalue weighted by molar-refractivity contribution is 0.0874. The molecule has 5 heteroatoms. The summed E-state index contributed by atoms with van der Waals surface area (Å²) in [6.07, 6.45) is 3.91. The van der Waals surface area contributed by atoms with E-state index in [0.717, 1.165) is 37.8 Å². The third-order valence-electron chi connectivity index (χ3n) is 4.05. The van der Waals surface area contributed by atoms with E-state index >= 15 is 0 Å². The van der Waals surface area contributed by atoms with Crippen LogP contribution in [0.4, 0.5) is 8.78 Å². The lowest BCUT2D eigenvalue weighted by Gasteiger charge is -2.39. The predicted octanol–water partition coefficient (Wildman–Crippen LogP) is 4.04. The summed E-state index contributed by atoms with van der Waals surface area (Å²) in [5.41, 5.74) is -0.128. The van der Waals surface area contributed by atoms with Crippen molar-refractivity contribution in [2.24, 2.45) is 5.92 Å². The van der Waals surface area contributed by atoms with Crippen molar-refractivity contribution in [3.8, 4) is 0 Å². The van der Waals surface area contributed by atoms with Gasteiger partial charge in [0.2, 0.25) is 0 Å². The molecule has 0 bridgehead atoms. The SMILES string of the molecule is CC1CCC(CBr)(NC(=O)c2ccc(F)c(F)c2)CC1. The van der Waals surface area contributed by atoms with Gasteiger partial charge >= 0.3 is 0 Å². The zero-order valence-electron chi connectivity index (χ0n) is 11.4. The maximum Gasteiger partial charge on any atom is 0.251 e. The van der Waals surface area contributed by atoms with Crippen LogP contribution in [0.1, 0.15) is 43.0 Å². The summed E-state index contributed by atoms with van der Waals surface area (Å²) in [5, 5.41) is 3.66. The third kappa shape index (κ3) is 3.37. The summed E-state index contributed by atoms with van der Waals surface area (Å²) in [4.78, 5) is 12.2. The van der Waals surface area contributed by atoms with Crippen LogP contribution in [0.3, 0.4) is 0 Å². The van der Waals surface area contributed by atoms with E-state index in [1.165, 1.54) is 6.07 Å². The van der Waals surface area contributed by atoms with E-state index in [2.05, 4.69) is 28.2 Å². The van der Waals surface area contributed by atoms with Gasteiger partial charge in [0.1, 0.15) is 0 Å². The van der Waals surface area contributed by atoms with E-state index in [9.17, 15) is 13.6 Å². The number of rotatable bonds is 3. The molecule has 110 valence electrons. The van der Waals surface area contributed by atoms with E-state index in [1.54, 1.807) is 0 Å². The van der Waals surface area contributed by atoms with Crippen molar-refractivity contribution < 1.29 is 13.6 Å². The first-order valence-corrected chi connectivity index (χ1v) is 7.91. The van der Waals surface area contributed by atoms with Gasteiger partial charge in [-0.3, -0.25) is 4.79 Å². The van der Waals surface area contributed by atoms with E-state index < -0.39 is 11.6 Å². The lowest BCUT2D eigenvalue weighted by atomic mass is 9.78. The van der Waals surface area contributed by atoms with E-state index in [4.69, 9.17) is 0 Å². The Morgan fingerprint density at radius 1 is 1.35 bits per heavy atom. The first-order valence-electron chi connectivity index (χ1n) is 6.79. The van der Waals surface area contributed by atoms with Gasteiger partial charge in [-0.15, -0.1) is 0 Å². The van der Waals surface area contributed by atoms with Gasteiger partial charge in [-0.2, -0.15) is 0 Å². The standard InChI is InChI=1S/C15H18BrF2NO/c1-10-4-6-15(9-16,7-5-10)19-14(20)11-2-3-12(17)13(18)8-11/h2-3,8,10H,4-7,9H2,1H3,(H,19,20). The molecule has 1 aromatic carbocycles. The highest BCUT2D eigenvalue weighted by atomic mass is 79.9. The second-order valence-corrected chi connectivity index (χ2v) is 6.24. The number of nitrogens with one attached hydrogen (secondary N) is 1. The Bertz CT molecular complexity index is 499. The highest BCUT2D eigenvalue weighted by molar-refractivity contribution is 9.09. The molecule has 20 heavy (non-hydrogen) atoms. The molecule has 0 unspecified atom stereocenters. The quantitative estimate of drug-likeness (QED) is 0.823. The van der Waals surface area contributed by atoms with Crippen molar-refractivity contribution in [3.05, 3.63) is 35.4 Å². The Labute approximate surface area is 126 Å². The molecular formula is C15H18BrF2NO. The van der Waals surface area contributed by atoms with Gasteiger partial charge in [0.05, 0.1) is 5.54 Å². The topological polar surface area (TPSA) is 29.1 Å². The smallest absolute Gasteiger partial charge is 0.251 e. The maximum atomic E-state index is 13.2. The molecule has 1 saturated carbocycles. The summed E-state index contributed by atoms with van der Waals surface area (Å²) in [7, 11) is 0. The average molecular weight is 346 g/mol. The molecule has 0 atom stereocenters. The van der Waals surface area contributed by atoms with Crippen LogP contribution in [0.2, 0.25) is 0 Å². The van der Waals surface area contributed by atoms with E-state index in [-0.39, 0.29) is 17.0 Å². The molecule has 1 N–H and O–H groups in total. The molecule has 0 aromatic heterocycles. The number of hydrogen-bond acceptors (Lipinski definition) is 1. The summed E-state index contributed by atoms with van der Waals surface area (Å²) in [5.74, 6) is -1.62. The van der Waals surface area contributed by atoms with Crippen LogP contribution < -0.4 is 5.32 Å². The van der Waals surface area contributed by atoms with Crippen LogP contribution in [0.5, 0.6) is 0 Å². The molecular weight excluding hydrogens is 328 g/mol. The minimum Gasteiger partial charge on any atom is -0.346 e.